The first-order valence-corrected chi connectivity index (χ1v) is 5.85. The zero-order chi connectivity index (χ0) is 12.4. The van der Waals surface area contributed by atoms with Crippen LogP contribution in [0.4, 0.5) is 4.39 Å². The van der Waals surface area contributed by atoms with E-state index >= 15 is 0 Å². The van der Waals surface area contributed by atoms with E-state index < -0.39 is 5.82 Å². The highest BCUT2D eigenvalue weighted by molar-refractivity contribution is 6.34. The quantitative estimate of drug-likeness (QED) is 0.880. The van der Waals surface area contributed by atoms with Gasteiger partial charge in [-0.1, -0.05) is 17.7 Å². The van der Waals surface area contributed by atoms with Gasteiger partial charge in [0.15, 0.2) is 0 Å². The van der Waals surface area contributed by atoms with Crippen LogP contribution in [-0.4, -0.2) is 35.6 Å². The average Bonchev–Trinajstić information content (AvgIpc) is 2.80. The molecule has 1 unspecified atom stereocenters. The molecule has 1 saturated heterocycles. The molecule has 92 valence electrons. The summed E-state index contributed by atoms with van der Waals surface area (Å²) in [6, 6.07) is 4.20. The Labute approximate surface area is 104 Å². The van der Waals surface area contributed by atoms with Crippen molar-refractivity contribution in [3.05, 3.63) is 34.6 Å². The third-order valence-electron chi connectivity index (χ3n) is 3.01. The Kier molecular flexibility index (Phi) is 3.64. The van der Waals surface area contributed by atoms with Crippen molar-refractivity contribution >= 4 is 17.5 Å². The first-order valence-electron chi connectivity index (χ1n) is 5.47. The molecule has 3 nitrogen and oxygen atoms in total. The van der Waals surface area contributed by atoms with E-state index in [1.165, 1.54) is 18.2 Å². The number of aliphatic hydroxyl groups is 1. The predicted molar refractivity (Wildman–Crippen MR) is 62.5 cm³/mol. The Morgan fingerprint density at radius 2 is 2.35 bits per heavy atom. The van der Waals surface area contributed by atoms with Gasteiger partial charge in [0.05, 0.1) is 10.6 Å². The standard InChI is InChI=1S/C12H13ClFNO2/c13-11-9(2-1-3-10(11)14)12(17)15-5-4-8(6-15)7-16/h1-3,8,16H,4-7H2. The molecule has 1 fully saturated rings. The maximum atomic E-state index is 13.2. The SMILES string of the molecule is O=C(c1cccc(F)c1Cl)N1CCC(CO)C1. The largest absolute Gasteiger partial charge is 0.396 e. The molecule has 5 heteroatoms. The number of nitrogens with zero attached hydrogens (tertiary/aromatic N) is 1. The zero-order valence-electron chi connectivity index (χ0n) is 9.20. The zero-order valence-corrected chi connectivity index (χ0v) is 9.95. The van der Waals surface area contributed by atoms with E-state index in [0.717, 1.165) is 6.42 Å². The highest BCUT2D eigenvalue weighted by Gasteiger charge is 2.27. The second-order valence-electron chi connectivity index (χ2n) is 4.19. The predicted octanol–water partition coefficient (Wildman–Crippen LogP) is 1.93. The molecule has 0 aliphatic carbocycles. The Hall–Kier alpha value is -1.13. The first kappa shape index (κ1) is 12.3. The summed E-state index contributed by atoms with van der Waals surface area (Å²) >= 11 is 5.76. The van der Waals surface area contributed by atoms with E-state index in [4.69, 9.17) is 16.7 Å². The van der Waals surface area contributed by atoms with E-state index in [1.807, 2.05) is 0 Å². The van der Waals surface area contributed by atoms with Crippen molar-refractivity contribution in [1.82, 2.24) is 4.90 Å². The fourth-order valence-corrected chi connectivity index (χ4v) is 2.21. The summed E-state index contributed by atoms with van der Waals surface area (Å²) in [4.78, 5) is 13.7. The minimum absolute atomic E-state index is 0.0701. The van der Waals surface area contributed by atoms with Gasteiger partial charge in [0.1, 0.15) is 5.82 Å². The summed E-state index contributed by atoms with van der Waals surface area (Å²) in [5, 5.41) is 8.88. The number of hydrogen-bond donors (Lipinski definition) is 1. The minimum atomic E-state index is -0.588. The van der Waals surface area contributed by atoms with E-state index in [2.05, 4.69) is 0 Å². The van der Waals surface area contributed by atoms with Gasteiger partial charge in [-0.25, -0.2) is 4.39 Å². The summed E-state index contributed by atoms with van der Waals surface area (Å²) in [7, 11) is 0. The molecule has 1 N–H and O–H groups in total. The van der Waals surface area contributed by atoms with E-state index in [0.29, 0.717) is 13.1 Å². The fraction of sp³-hybridized carbons (Fsp3) is 0.417. The molecule has 0 aromatic heterocycles. The van der Waals surface area contributed by atoms with Gasteiger partial charge in [0.25, 0.3) is 5.91 Å². The minimum Gasteiger partial charge on any atom is -0.396 e. The second kappa shape index (κ2) is 5.02. The monoisotopic (exact) mass is 257 g/mol. The third kappa shape index (κ3) is 2.42. The molecule has 1 heterocycles. The molecule has 1 aliphatic heterocycles. The molecule has 1 aromatic carbocycles. The fourth-order valence-electron chi connectivity index (χ4n) is 2.01. The Morgan fingerprint density at radius 1 is 1.59 bits per heavy atom. The molecule has 17 heavy (non-hydrogen) atoms. The topological polar surface area (TPSA) is 40.5 Å². The molecule has 1 atom stereocenters. The molecule has 1 aromatic rings. The summed E-state index contributed by atoms with van der Waals surface area (Å²) in [6.45, 7) is 1.15. The van der Waals surface area contributed by atoms with Crippen molar-refractivity contribution in [1.29, 1.82) is 0 Å². The van der Waals surface area contributed by atoms with Crippen LogP contribution in [0.5, 0.6) is 0 Å². The van der Waals surface area contributed by atoms with E-state index in [-0.39, 0.29) is 29.0 Å². The lowest BCUT2D eigenvalue weighted by Crippen LogP contribution is -2.29. The van der Waals surface area contributed by atoms with Crippen LogP contribution in [0.25, 0.3) is 0 Å². The van der Waals surface area contributed by atoms with Crippen LogP contribution < -0.4 is 0 Å². The lowest BCUT2D eigenvalue weighted by Gasteiger charge is -2.17. The molecule has 0 bridgehead atoms. The summed E-state index contributed by atoms with van der Waals surface area (Å²) in [5.41, 5.74) is 0.185. The lowest BCUT2D eigenvalue weighted by molar-refractivity contribution is 0.0781. The van der Waals surface area contributed by atoms with Gasteiger partial charge in [-0.3, -0.25) is 4.79 Å². The molecular formula is C12H13ClFNO2. The number of hydrogen-bond acceptors (Lipinski definition) is 2. The Balaban J connectivity index is 2.18. The Bertz CT molecular complexity index is 439. The number of likely N-dealkylation sites (tertiary alicyclic amines) is 1. The van der Waals surface area contributed by atoms with E-state index in [9.17, 15) is 9.18 Å². The van der Waals surface area contributed by atoms with Gasteiger partial charge in [-0.05, 0) is 18.6 Å². The van der Waals surface area contributed by atoms with Gasteiger partial charge in [-0.15, -0.1) is 0 Å². The van der Waals surface area contributed by atoms with Crippen molar-refractivity contribution in [3.63, 3.8) is 0 Å². The highest BCUT2D eigenvalue weighted by atomic mass is 35.5. The van der Waals surface area contributed by atoms with Crippen LogP contribution in [0.3, 0.4) is 0 Å². The number of carbonyl (C=O) groups is 1. The molecule has 1 amide bonds. The van der Waals surface area contributed by atoms with Crippen LogP contribution in [0.15, 0.2) is 18.2 Å². The Morgan fingerprint density at radius 3 is 3.00 bits per heavy atom. The van der Waals surface area contributed by atoms with Crippen LogP contribution in [0.1, 0.15) is 16.8 Å². The normalized spacial score (nSPS) is 19.7. The van der Waals surface area contributed by atoms with Crippen molar-refractivity contribution in [3.8, 4) is 0 Å². The smallest absolute Gasteiger partial charge is 0.255 e. The summed E-state index contributed by atoms with van der Waals surface area (Å²) < 4.78 is 13.2. The van der Waals surface area contributed by atoms with Crippen molar-refractivity contribution < 1.29 is 14.3 Å². The average molecular weight is 258 g/mol. The molecule has 0 saturated carbocycles. The van der Waals surface area contributed by atoms with Crippen molar-refractivity contribution in [2.24, 2.45) is 5.92 Å². The van der Waals surface area contributed by atoms with Gasteiger partial charge >= 0.3 is 0 Å². The van der Waals surface area contributed by atoms with Gasteiger partial charge in [0.2, 0.25) is 0 Å². The molecule has 1 aliphatic rings. The van der Waals surface area contributed by atoms with E-state index in [1.54, 1.807) is 4.90 Å². The summed E-state index contributed by atoms with van der Waals surface area (Å²) in [5.74, 6) is -0.743. The third-order valence-corrected chi connectivity index (χ3v) is 3.40. The van der Waals surface area contributed by atoms with Crippen LogP contribution in [0.2, 0.25) is 5.02 Å². The first-order chi connectivity index (χ1) is 8.13. The van der Waals surface area contributed by atoms with Crippen LogP contribution in [0, 0.1) is 11.7 Å². The summed E-state index contributed by atoms with van der Waals surface area (Å²) in [6.07, 6.45) is 0.773. The number of halogens is 2. The molecule has 0 spiro atoms. The van der Waals surface area contributed by atoms with Crippen LogP contribution in [-0.2, 0) is 0 Å². The van der Waals surface area contributed by atoms with Gasteiger partial charge in [-0.2, -0.15) is 0 Å². The number of benzene rings is 1. The maximum Gasteiger partial charge on any atom is 0.255 e. The molecular weight excluding hydrogens is 245 g/mol. The van der Waals surface area contributed by atoms with Gasteiger partial charge < -0.3 is 10.0 Å². The molecule has 0 radical (unpaired) electrons. The number of aliphatic hydroxyl groups excluding tert-OH is 1. The number of carbonyl (C=O) groups excluding carboxylic acids is 1. The lowest BCUT2D eigenvalue weighted by atomic mass is 10.1. The van der Waals surface area contributed by atoms with Crippen LogP contribution >= 0.6 is 11.6 Å². The highest BCUT2D eigenvalue weighted by Crippen LogP contribution is 2.24. The van der Waals surface area contributed by atoms with Crippen molar-refractivity contribution in [2.75, 3.05) is 19.7 Å². The second-order valence-corrected chi connectivity index (χ2v) is 4.57. The molecule has 2 rings (SSSR count). The number of rotatable bonds is 2. The number of amides is 1. The van der Waals surface area contributed by atoms with Gasteiger partial charge in [0, 0.05) is 25.6 Å². The van der Waals surface area contributed by atoms with Crippen molar-refractivity contribution in [2.45, 2.75) is 6.42 Å². The maximum absolute atomic E-state index is 13.2.